The lowest BCUT2D eigenvalue weighted by Crippen LogP contribution is -1.75. The smallest absolute Gasteiger partial charge is 0.154 e. The molecule has 0 N–H and O–H groups in total. The van der Waals surface area contributed by atoms with E-state index in [1.54, 1.807) is 0 Å². The number of hydrogen-bond donors (Lipinski definition) is 0. The molecular weight excluding hydrogens is 244 g/mol. The Kier molecular flexibility index (Phi) is 1.94. The van der Waals surface area contributed by atoms with Gasteiger partial charge >= 0.3 is 0 Å². The second kappa shape index (κ2) is 3.50. The van der Waals surface area contributed by atoms with E-state index in [2.05, 4.69) is 18.2 Å². The van der Waals surface area contributed by atoms with E-state index >= 15 is 0 Å². The lowest BCUT2D eigenvalue weighted by molar-refractivity contribution is 0.669. The molecule has 1 nitrogen and oxygen atoms in total. The van der Waals surface area contributed by atoms with E-state index in [0.29, 0.717) is 5.02 Å². The van der Waals surface area contributed by atoms with Gasteiger partial charge in [-0.15, -0.1) is 0 Å². The molecule has 0 saturated carbocycles. The normalized spacial score (nSPS) is 11.6. The third-order valence-corrected chi connectivity index (χ3v) is 3.61. The van der Waals surface area contributed by atoms with Crippen molar-refractivity contribution < 1.29 is 4.42 Å². The van der Waals surface area contributed by atoms with Gasteiger partial charge in [0.1, 0.15) is 5.58 Å². The number of fused-ring (bicyclic) bond motifs is 5. The van der Waals surface area contributed by atoms with Crippen molar-refractivity contribution in [3.8, 4) is 0 Å². The van der Waals surface area contributed by atoms with Gasteiger partial charge in [-0.05, 0) is 22.9 Å². The van der Waals surface area contributed by atoms with Gasteiger partial charge in [0.25, 0.3) is 0 Å². The second-order valence-electron chi connectivity index (χ2n) is 4.38. The number of para-hydroxylation sites is 1. The van der Waals surface area contributed by atoms with E-state index in [9.17, 15) is 0 Å². The molecule has 0 unspecified atom stereocenters. The molecule has 0 saturated heterocycles. The van der Waals surface area contributed by atoms with Gasteiger partial charge in [0.15, 0.2) is 5.58 Å². The van der Waals surface area contributed by atoms with Crippen LogP contribution in [-0.4, -0.2) is 0 Å². The summed E-state index contributed by atoms with van der Waals surface area (Å²) in [5.41, 5.74) is 1.65. The molecule has 0 fully saturated rings. The van der Waals surface area contributed by atoms with Crippen molar-refractivity contribution in [2.24, 2.45) is 0 Å². The topological polar surface area (TPSA) is 13.1 Å². The van der Waals surface area contributed by atoms with E-state index in [-0.39, 0.29) is 0 Å². The molecule has 4 rings (SSSR count). The van der Waals surface area contributed by atoms with Crippen LogP contribution in [0.25, 0.3) is 32.7 Å². The average Bonchev–Trinajstić information content (AvgIpc) is 2.79. The summed E-state index contributed by atoms with van der Waals surface area (Å²) in [5.74, 6) is 0. The van der Waals surface area contributed by atoms with Crippen molar-refractivity contribution in [2.45, 2.75) is 0 Å². The van der Waals surface area contributed by atoms with Crippen molar-refractivity contribution in [2.75, 3.05) is 0 Å². The molecule has 0 spiro atoms. The molecule has 1 heterocycles. The maximum absolute atomic E-state index is 6.31. The van der Waals surface area contributed by atoms with E-state index in [1.165, 1.54) is 5.39 Å². The molecule has 0 atom stereocenters. The first-order chi connectivity index (χ1) is 8.84. The summed E-state index contributed by atoms with van der Waals surface area (Å²) in [6.45, 7) is 0. The van der Waals surface area contributed by atoms with Crippen molar-refractivity contribution >= 4 is 44.3 Å². The van der Waals surface area contributed by atoms with Crippen LogP contribution in [0.2, 0.25) is 5.02 Å². The molecule has 0 aliphatic heterocycles. The fraction of sp³-hybridized carbons (Fsp3) is 0. The summed E-state index contributed by atoms with van der Waals surface area (Å²) in [4.78, 5) is 0. The average molecular weight is 253 g/mol. The molecule has 3 aromatic carbocycles. The van der Waals surface area contributed by atoms with Crippen molar-refractivity contribution in [3.05, 3.63) is 59.6 Å². The largest absolute Gasteiger partial charge is 0.454 e. The highest BCUT2D eigenvalue weighted by molar-refractivity contribution is 6.38. The van der Waals surface area contributed by atoms with Crippen LogP contribution in [0.15, 0.2) is 59.0 Å². The number of halogens is 1. The Morgan fingerprint density at radius 3 is 2.44 bits per heavy atom. The van der Waals surface area contributed by atoms with Gasteiger partial charge in [-0.2, -0.15) is 0 Å². The Balaban J connectivity index is 2.41. The monoisotopic (exact) mass is 252 g/mol. The van der Waals surface area contributed by atoms with Crippen LogP contribution in [0, 0.1) is 0 Å². The van der Waals surface area contributed by atoms with Crippen molar-refractivity contribution in [1.29, 1.82) is 0 Å². The van der Waals surface area contributed by atoms with Crippen molar-refractivity contribution in [1.82, 2.24) is 0 Å². The minimum absolute atomic E-state index is 0.667. The van der Waals surface area contributed by atoms with Crippen molar-refractivity contribution in [3.63, 3.8) is 0 Å². The molecule has 2 heteroatoms. The fourth-order valence-corrected chi connectivity index (χ4v) is 2.78. The van der Waals surface area contributed by atoms with Gasteiger partial charge in [-0.3, -0.25) is 0 Å². The second-order valence-corrected chi connectivity index (χ2v) is 4.79. The molecule has 86 valence electrons. The first-order valence-corrected chi connectivity index (χ1v) is 6.21. The third-order valence-electron chi connectivity index (χ3n) is 3.32. The Morgan fingerprint density at radius 1 is 0.833 bits per heavy atom. The van der Waals surface area contributed by atoms with E-state index in [0.717, 1.165) is 27.3 Å². The van der Waals surface area contributed by atoms with Gasteiger partial charge in [-0.1, -0.05) is 54.1 Å². The van der Waals surface area contributed by atoms with Crippen LogP contribution in [0.5, 0.6) is 0 Å². The number of furan rings is 1. The Labute approximate surface area is 109 Å². The highest BCUT2D eigenvalue weighted by atomic mass is 35.5. The van der Waals surface area contributed by atoms with Crippen LogP contribution < -0.4 is 0 Å². The Morgan fingerprint density at radius 2 is 1.56 bits per heavy atom. The standard InChI is InChI=1S/C16H9ClO/c17-13-9-10-5-1-2-6-11(10)15-12-7-3-4-8-14(12)18-16(13)15/h1-9H. The van der Waals surface area contributed by atoms with Gasteiger partial charge in [0.05, 0.1) is 5.02 Å². The van der Waals surface area contributed by atoms with Gasteiger partial charge in [0, 0.05) is 10.8 Å². The first kappa shape index (κ1) is 9.98. The molecule has 0 amide bonds. The van der Waals surface area contributed by atoms with Crippen LogP contribution in [-0.2, 0) is 0 Å². The zero-order chi connectivity index (χ0) is 12.1. The summed E-state index contributed by atoms with van der Waals surface area (Å²) < 4.78 is 5.86. The Bertz CT molecular complexity index is 889. The highest BCUT2D eigenvalue weighted by Crippen LogP contribution is 2.38. The predicted octanol–water partition coefficient (Wildman–Crippen LogP) is 5.39. The quantitative estimate of drug-likeness (QED) is 0.409. The molecular formula is C16H9ClO. The lowest BCUT2D eigenvalue weighted by atomic mass is 10.0. The number of rotatable bonds is 0. The summed E-state index contributed by atoms with van der Waals surface area (Å²) in [6.07, 6.45) is 0. The van der Waals surface area contributed by atoms with Gasteiger partial charge in [-0.25, -0.2) is 0 Å². The molecule has 0 bridgehead atoms. The maximum Gasteiger partial charge on any atom is 0.154 e. The molecule has 18 heavy (non-hydrogen) atoms. The number of benzene rings is 3. The van der Waals surface area contributed by atoms with E-state index < -0.39 is 0 Å². The summed E-state index contributed by atoms with van der Waals surface area (Å²) in [5, 5.41) is 5.21. The molecule has 0 aliphatic rings. The third kappa shape index (κ3) is 1.22. The van der Waals surface area contributed by atoms with Crippen LogP contribution in [0.3, 0.4) is 0 Å². The SMILES string of the molecule is Clc1cc2ccccc2c2c1oc1ccccc12. The fourth-order valence-electron chi connectivity index (χ4n) is 2.53. The van der Waals surface area contributed by atoms with Crippen LogP contribution in [0.4, 0.5) is 0 Å². The maximum atomic E-state index is 6.31. The van der Waals surface area contributed by atoms with Gasteiger partial charge < -0.3 is 4.42 Å². The molecule has 0 aliphatic carbocycles. The first-order valence-electron chi connectivity index (χ1n) is 5.83. The zero-order valence-electron chi connectivity index (χ0n) is 9.48. The zero-order valence-corrected chi connectivity index (χ0v) is 10.2. The lowest BCUT2D eigenvalue weighted by Gasteiger charge is -2.00. The van der Waals surface area contributed by atoms with Crippen LogP contribution in [0.1, 0.15) is 0 Å². The highest BCUT2D eigenvalue weighted by Gasteiger charge is 2.12. The van der Waals surface area contributed by atoms with E-state index in [4.69, 9.17) is 16.0 Å². The van der Waals surface area contributed by atoms with E-state index in [1.807, 2.05) is 36.4 Å². The summed E-state index contributed by atoms with van der Waals surface area (Å²) in [7, 11) is 0. The molecule has 1 aromatic heterocycles. The molecule has 0 radical (unpaired) electrons. The van der Waals surface area contributed by atoms with Gasteiger partial charge in [0.2, 0.25) is 0 Å². The van der Waals surface area contributed by atoms with Crippen LogP contribution >= 0.6 is 11.6 Å². The Hall–Kier alpha value is -1.99. The summed E-state index contributed by atoms with van der Waals surface area (Å²) in [6, 6.07) is 18.2. The minimum Gasteiger partial charge on any atom is -0.454 e. The minimum atomic E-state index is 0.667. The predicted molar refractivity (Wildman–Crippen MR) is 76.2 cm³/mol. The number of hydrogen-bond acceptors (Lipinski definition) is 1. The molecule has 4 aromatic rings. The summed E-state index contributed by atoms with van der Waals surface area (Å²) >= 11 is 6.31.